The molecule has 1 N–H and O–H groups in total. The van der Waals surface area contributed by atoms with Crippen molar-refractivity contribution in [3.63, 3.8) is 0 Å². The van der Waals surface area contributed by atoms with Crippen molar-refractivity contribution in [2.45, 2.75) is 13.5 Å². The Morgan fingerprint density at radius 2 is 2.21 bits per heavy atom. The fraction of sp³-hybridized carbons (Fsp3) is 0.154. The van der Waals surface area contributed by atoms with Crippen molar-refractivity contribution in [3.8, 4) is 0 Å². The molecular formula is C13H11ClN4S. The zero-order chi connectivity index (χ0) is 13.2. The molecule has 0 bridgehead atoms. The third kappa shape index (κ3) is 2.52. The van der Waals surface area contributed by atoms with Crippen molar-refractivity contribution < 1.29 is 0 Å². The fourth-order valence-corrected chi connectivity index (χ4v) is 2.81. The van der Waals surface area contributed by atoms with Gasteiger partial charge in [0.2, 0.25) is 5.28 Å². The van der Waals surface area contributed by atoms with Crippen molar-refractivity contribution in [3.05, 3.63) is 46.3 Å². The van der Waals surface area contributed by atoms with Crippen LogP contribution >= 0.6 is 22.9 Å². The predicted octanol–water partition coefficient (Wildman–Crippen LogP) is 3.66. The molecule has 0 aliphatic rings. The highest BCUT2D eigenvalue weighted by atomic mass is 35.5. The summed E-state index contributed by atoms with van der Waals surface area (Å²) in [6.45, 7) is 2.73. The first-order valence-corrected chi connectivity index (χ1v) is 7.04. The van der Waals surface area contributed by atoms with E-state index in [0.717, 1.165) is 21.6 Å². The van der Waals surface area contributed by atoms with Gasteiger partial charge >= 0.3 is 0 Å². The molecule has 0 aliphatic heterocycles. The molecule has 0 radical (unpaired) electrons. The SMILES string of the molecule is Cc1ccncc1CNc1nc(Cl)nc2sccc12. The Kier molecular flexibility index (Phi) is 3.31. The van der Waals surface area contributed by atoms with Crippen LogP contribution in [0.25, 0.3) is 10.2 Å². The highest BCUT2D eigenvalue weighted by Crippen LogP contribution is 2.26. The highest BCUT2D eigenvalue weighted by Gasteiger charge is 2.08. The van der Waals surface area contributed by atoms with E-state index in [1.165, 1.54) is 5.56 Å². The molecule has 0 saturated carbocycles. The molecule has 3 aromatic rings. The van der Waals surface area contributed by atoms with Crippen molar-refractivity contribution >= 4 is 39.0 Å². The smallest absolute Gasteiger partial charge is 0.225 e. The standard InChI is InChI=1S/C13H11ClN4S/c1-8-2-4-15-6-9(8)7-16-11-10-3-5-19-12(10)18-13(14)17-11/h2-6H,7H2,1H3,(H,16,17,18). The minimum atomic E-state index is 0.264. The number of hydrogen-bond acceptors (Lipinski definition) is 5. The van der Waals surface area contributed by atoms with Crippen LogP contribution in [0.15, 0.2) is 29.9 Å². The van der Waals surface area contributed by atoms with Crippen LogP contribution in [0.2, 0.25) is 5.28 Å². The summed E-state index contributed by atoms with van der Waals surface area (Å²) in [4.78, 5) is 13.5. The minimum absolute atomic E-state index is 0.264. The molecule has 96 valence electrons. The molecule has 3 aromatic heterocycles. The first-order valence-electron chi connectivity index (χ1n) is 5.78. The van der Waals surface area contributed by atoms with Crippen LogP contribution in [0.4, 0.5) is 5.82 Å². The Hall–Kier alpha value is -1.72. The largest absolute Gasteiger partial charge is 0.365 e. The van der Waals surface area contributed by atoms with Gasteiger partial charge in [0.15, 0.2) is 0 Å². The van der Waals surface area contributed by atoms with Gasteiger partial charge in [0.25, 0.3) is 0 Å². The van der Waals surface area contributed by atoms with Gasteiger partial charge in [-0.25, -0.2) is 9.97 Å². The van der Waals surface area contributed by atoms with Crippen molar-refractivity contribution in [1.29, 1.82) is 0 Å². The number of hydrogen-bond donors (Lipinski definition) is 1. The van der Waals surface area contributed by atoms with Gasteiger partial charge in [-0.05, 0) is 47.2 Å². The third-order valence-electron chi connectivity index (χ3n) is 2.89. The van der Waals surface area contributed by atoms with E-state index in [0.29, 0.717) is 6.54 Å². The molecule has 3 heterocycles. The van der Waals surface area contributed by atoms with E-state index in [4.69, 9.17) is 11.6 Å². The maximum absolute atomic E-state index is 5.93. The van der Waals surface area contributed by atoms with Gasteiger partial charge in [-0.3, -0.25) is 4.98 Å². The molecule has 6 heteroatoms. The molecule has 0 amide bonds. The summed E-state index contributed by atoms with van der Waals surface area (Å²) < 4.78 is 0. The second kappa shape index (κ2) is 5.11. The Morgan fingerprint density at radius 1 is 1.32 bits per heavy atom. The van der Waals surface area contributed by atoms with E-state index >= 15 is 0 Å². The quantitative estimate of drug-likeness (QED) is 0.748. The number of aromatic nitrogens is 3. The third-order valence-corrected chi connectivity index (χ3v) is 3.87. The number of halogens is 1. The lowest BCUT2D eigenvalue weighted by molar-refractivity contribution is 1.06. The predicted molar refractivity (Wildman–Crippen MR) is 78.7 cm³/mol. The van der Waals surface area contributed by atoms with Gasteiger partial charge in [0.05, 0.1) is 5.39 Å². The van der Waals surface area contributed by atoms with Crippen LogP contribution in [0, 0.1) is 6.92 Å². The van der Waals surface area contributed by atoms with E-state index in [1.807, 2.05) is 23.7 Å². The summed E-state index contributed by atoms with van der Waals surface area (Å²) in [6, 6.07) is 3.99. The molecule has 3 rings (SSSR count). The van der Waals surface area contributed by atoms with Crippen molar-refractivity contribution in [2.75, 3.05) is 5.32 Å². The number of fused-ring (bicyclic) bond motifs is 1. The summed E-state index contributed by atoms with van der Waals surface area (Å²) in [5, 5.41) is 6.55. The Bertz CT molecular complexity index is 725. The van der Waals surface area contributed by atoms with Gasteiger partial charge in [0, 0.05) is 18.9 Å². The van der Waals surface area contributed by atoms with E-state index < -0.39 is 0 Å². The second-order valence-corrected chi connectivity index (χ2v) is 5.37. The summed E-state index contributed by atoms with van der Waals surface area (Å²) in [7, 11) is 0. The number of aryl methyl sites for hydroxylation is 1. The molecule has 19 heavy (non-hydrogen) atoms. The molecular weight excluding hydrogens is 280 g/mol. The maximum atomic E-state index is 5.93. The van der Waals surface area contributed by atoms with Gasteiger partial charge < -0.3 is 5.32 Å². The lowest BCUT2D eigenvalue weighted by Crippen LogP contribution is -2.04. The van der Waals surface area contributed by atoms with Gasteiger partial charge in [-0.15, -0.1) is 11.3 Å². The number of thiophene rings is 1. The van der Waals surface area contributed by atoms with Crippen LogP contribution in [-0.2, 0) is 6.54 Å². The van der Waals surface area contributed by atoms with Crippen LogP contribution < -0.4 is 5.32 Å². The molecule has 0 atom stereocenters. The van der Waals surface area contributed by atoms with Crippen molar-refractivity contribution in [1.82, 2.24) is 15.0 Å². The van der Waals surface area contributed by atoms with Gasteiger partial charge in [-0.1, -0.05) is 0 Å². The first-order chi connectivity index (χ1) is 9.24. The normalized spacial score (nSPS) is 10.8. The molecule has 0 spiro atoms. The summed E-state index contributed by atoms with van der Waals surface area (Å²) in [5.41, 5.74) is 2.34. The first kappa shape index (κ1) is 12.3. The summed E-state index contributed by atoms with van der Waals surface area (Å²) >= 11 is 7.48. The molecule has 0 saturated heterocycles. The van der Waals surface area contributed by atoms with Crippen LogP contribution in [0.3, 0.4) is 0 Å². The highest BCUT2D eigenvalue weighted by molar-refractivity contribution is 7.16. The van der Waals surface area contributed by atoms with Crippen LogP contribution in [-0.4, -0.2) is 15.0 Å². The van der Waals surface area contributed by atoms with Crippen LogP contribution in [0.5, 0.6) is 0 Å². The molecule has 0 unspecified atom stereocenters. The van der Waals surface area contributed by atoms with E-state index in [9.17, 15) is 0 Å². The monoisotopic (exact) mass is 290 g/mol. The summed E-state index contributed by atoms with van der Waals surface area (Å²) in [6.07, 6.45) is 3.65. The average Bonchev–Trinajstić information content (AvgIpc) is 2.85. The van der Waals surface area contributed by atoms with Gasteiger partial charge in [0.1, 0.15) is 10.6 Å². The number of anilines is 1. The Morgan fingerprint density at radius 3 is 3.05 bits per heavy atom. The number of rotatable bonds is 3. The Labute approximate surface area is 119 Å². The second-order valence-electron chi connectivity index (χ2n) is 4.14. The van der Waals surface area contributed by atoms with E-state index in [1.54, 1.807) is 17.5 Å². The van der Waals surface area contributed by atoms with E-state index in [2.05, 4.69) is 27.2 Å². The molecule has 4 nitrogen and oxygen atoms in total. The Balaban J connectivity index is 1.90. The number of nitrogens with one attached hydrogen (secondary N) is 1. The fourth-order valence-electron chi connectivity index (χ4n) is 1.82. The number of nitrogens with zero attached hydrogens (tertiary/aromatic N) is 3. The van der Waals surface area contributed by atoms with Crippen LogP contribution in [0.1, 0.15) is 11.1 Å². The average molecular weight is 291 g/mol. The number of pyridine rings is 1. The van der Waals surface area contributed by atoms with Gasteiger partial charge in [-0.2, -0.15) is 0 Å². The summed E-state index contributed by atoms with van der Waals surface area (Å²) in [5.74, 6) is 0.763. The minimum Gasteiger partial charge on any atom is -0.365 e. The van der Waals surface area contributed by atoms with Crippen molar-refractivity contribution in [2.24, 2.45) is 0 Å². The zero-order valence-electron chi connectivity index (χ0n) is 10.2. The molecule has 0 fully saturated rings. The maximum Gasteiger partial charge on any atom is 0.225 e. The topological polar surface area (TPSA) is 50.7 Å². The zero-order valence-corrected chi connectivity index (χ0v) is 11.8. The van der Waals surface area contributed by atoms with E-state index in [-0.39, 0.29) is 5.28 Å². The molecule has 0 aliphatic carbocycles. The lowest BCUT2D eigenvalue weighted by atomic mass is 10.1. The molecule has 0 aromatic carbocycles. The lowest BCUT2D eigenvalue weighted by Gasteiger charge is -2.08.